The maximum absolute atomic E-state index is 12.6. The molecule has 0 unspecified atom stereocenters. The quantitative estimate of drug-likeness (QED) is 0.866. The predicted octanol–water partition coefficient (Wildman–Crippen LogP) is 2.81. The van der Waals surface area contributed by atoms with Crippen LogP contribution in [0.25, 0.3) is 0 Å². The van der Waals surface area contributed by atoms with Gasteiger partial charge >= 0.3 is 0 Å². The van der Waals surface area contributed by atoms with E-state index in [0.29, 0.717) is 23.1 Å². The van der Waals surface area contributed by atoms with Gasteiger partial charge in [-0.2, -0.15) is 4.31 Å². The highest BCUT2D eigenvalue weighted by Gasteiger charge is 2.27. The topological polar surface area (TPSA) is 79.4 Å². The molecule has 2 aromatic rings. The summed E-state index contributed by atoms with van der Waals surface area (Å²) in [5, 5.41) is 2.73. The minimum absolute atomic E-state index is 0.135. The number of carbonyl (C=O) groups is 1. The number of pyridine rings is 1. The van der Waals surface area contributed by atoms with Gasteiger partial charge in [-0.15, -0.1) is 11.3 Å². The van der Waals surface area contributed by atoms with Gasteiger partial charge in [-0.1, -0.05) is 12.5 Å². The molecule has 25 heavy (non-hydrogen) atoms. The third-order valence-corrected chi connectivity index (χ3v) is 7.51. The van der Waals surface area contributed by atoms with Gasteiger partial charge in [0.2, 0.25) is 5.91 Å². The van der Waals surface area contributed by atoms with E-state index in [-0.39, 0.29) is 12.3 Å². The molecule has 1 aliphatic heterocycles. The number of hydrogen-bond acceptors (Lipinski definition) is 5. The number of rotatable bonds is 5. The number of hydrogen-bond donors (Lipinski definition) is 1. The first-order chi connectivity index (χ1) is 11.9. The van der Waals surface area contributed by atoms with Crippen LogP contribution in [0, 0.1) is 6.92 Å². The SMILES string of the molecule is Cc1ccc(NC(=O)Cc2ccc(S(=O)(=O)N3CCCCC3)s2)nc1. The lowest BCUT2D eigenvalue weighted by atomic mass is 10.2. The van der Waals surface area contributed by atoms with Gasteiger partial charge in [-0.25, -0.2) is 13.4 Å². The molecule has 1 N–H and O–H groups in total. The second-order valence-electron chi connectivity index (χ2n) is 6.13. The largest absolute Gasteiger partial charge is 0.310 e. The summed E-state index contributed by atoms with van der Waals surface area (Å²) in [5.41, 5.74) is 1.02. The monoisotopic (exact) mass is 379 g/mol. The van der Waals surface area contributed by atoms with Gasteiger partial charge in [0.25, 0.3) is 10.0 Å². The van der Waals surface area contributed by atoms with Crippen molar-refractivity contribution in [3.8, 4) is 0 Å². The Bertz CT molecular complexity index is 838. The van der Waals surface area contributed by atoms with E-state index >= 15 is 0 Å². The highest BCUT2D eigenvalue weighted by Crippen LogP contribution is 2.27. The van der Waals surface area contributed by atoms with E-state index in [1.54, 1.807) is 28.7 Å². The number of aryl methyl sites for hydroxylation is 1. The summed E-state index contributed by atoms with van der Waals surface area (Å²) in [6, 6.07) is 6.93. The summed E-state index contributed by atoms with van der Waals surface area (Å²) < 4.78 is 27.1. The fourth-order valence-electron chi connectivity index (χ4n) is 2.71. The lowest BCUT2D eigenvalue weighted by molar-refractivity contribution is -0.115. The van der Waals surface area contributed by atoms with Crippen LogP contribution in [-0.4, -0.2) is 36.7 Å². The van der Waals surface area contributed by atoms with Gasteiger partial charge in [0.05, 0.1) is 6.42 Å². The molecular weight excluding hydrogens is 358 g/mol. The van der Waals surface area contributed by atoms with Crippen LogP contribution in [-0.2, 0) is 21.2 Å². The Morgan fingerprint density at radius 2 is 1.96 bits per heavy atom. The molecule has 0 aromatic carbocycles. The molecule has 3 rings (SSSR count). The van der Waals surface area contributed by atoms with Gasteiger partial charge in [0, 0.05) is 24.2 Å². The number of nitrogens with one attached hydrogen (secondary N) is 1. The van der Waals surface area contributed by atoms with Gasteiger partial charge < -0.3 is 5.32 Å². The molecule has 134 valence electrons. The van der Waals surface area contributed by atoms with Crippen molar-refractivity contribution in [3.63, 3.8) is 0 Å². The van der Waals surface area contributed by atoms with Crippen molar-refractivity contribution in [1.29, 1.82) is 0 Å². The number of anilines is 1. The molecule has 0 aliphatic carbocycles. The summed E-state index contributed by atoms with van der Waals surface area (Å²) in [5.74, 6) is 0.286. The minimum Gasteiger partial charge on any atom is -0.310 e. The Morgan fingerprint density at radius 1 is 1.20 bits per heavy atom. The number of sulfonamides is 1. The molecule has 8 heteroatoms. The molecular formula is C17H21N3O3S2. The average molecular weight is 380 g/mol. The number of nitrogens with zero attached hydrogens (tertiary/aromatic N) is 2. The molecule has 1 saturated heterocycles. The Labute approximate surface area is 151 Å². The van der Waals surface area contributed by atoms with Crippen molar-refractivity contribution >= 4 is 33.1 Å². The number of carbonyl (C=O) groups excluding carboxylic acids is 1. The maximum atomic E-state index is 12.6. The van der Waals surface area contributed by atoms with E-state index in [2.05, 4.69) is 10.3 Å². The molecule has 1 fully saturated rings. The van der Waals surface area contributed by atoms with Gasteiger partial charge in [0.15, 0.2) is 0 Å². The molecule has 0 saturated carbocycles. The average Bonchev–Trinajstić information content (AvgIpc) is 3.07. The molecule has 3 heterocycles. The van der Waals surface area contributed by atoms with E-state index in [9.17, 15) is 13.2 Å². The molecule has 0 radical (unpaired) electrons. The summed E-state index contributed by atoms with van der Waals surface area (Å²) in [6.45, 7) is 3.08. The van der Waals surface area contributed by atoms with Gasteiger partial charge in [-0.05, 0) is 43.5 Å². The first-order valence-corrected chi connectivity index (χ1v) is 10.5. The number of amides is 1. The molecule has 0 bridgehead atoms. The van der Waals surface area contributed by atoms with Crippen LogP contribution >= 0.6 is 11.3 Å². The van der Waals surface area contributed by atoms with Crippen LogP contribution in [0.15, 0.2) is 34.7 Å². The van der Waals surface area contributed by atoms with Crippen molar-refractivity contribution in [2.75, 3.05) is 18.4 Å². The third kappa shape index (κ3) is 4.45. The maximum Gasteiger partial charge on any atom is 0.252 e. The molecule has 2 aromatic heterocycles. The van der Waals surface area contributed by atoms with Crippen molar-refractivity contribution in [3.05, 3.63) is 40.9 Å². The number of aromatic nitrogens is 1. The second-order valence-corrected chi connectivity index (χ2v) is 9.46. The molecule has 1 aliphatic rings. The van der Waals surface area contributed by atoms with Crippen molar-refractivity contribution < 1.29 is 13.2 Å². The van der Waals surface area contributed by atoms with Crippen molar-refractivity contribution in [2.24, 2.45) is 0 Å². The van der Waals surface area contributed by atoms with Gasteiger partial charge in [-0.3, -0.25) is 4.79 Å². The summed E-state index contributed by atoms with van der Waals surface area (Å²) in [6.07, 6.45) is 4.71. The Hall–Kier alpha value is -1.77. The first kappa shape index (κ1) is 18.0. The Kier molecular flexibility index (Phi) is 5.51. The summed E-state index contributed by atoms with van der Waals surface area (Å²) in [4.78, 5) is 17.0. The summed E-state index contributed by atoms with van der Waals surface area (Å²) in [7, 11) is -3.43. The van der Waals surface area contributed by atoms with Crippen molar-refractivity contribution in [1.82, 2.24) is 9.29 Å². The number of thiophene rings is 1. The smallest absolute Gasteiger partial charge is 0.252 e. The summed E-state index contributed by atoms with van der Waals surface area (Å²) >= 11 is 1.16. The third-order valence-electron chi connectivity index (χ3n) is 4.06. The lowest BCUT2D eigenvalue weighted by Gasteiger charge is -2.25. The fourth-order valence-corrected chi connectivity index (χ4v) is 5.74. The van der Waals surface area contributed by atoms with E-state index in [1.807, 2.05) is 13.0 Å². The van der Waals surface area contributed by atoms with E-state index in [0.717, 1.165) is 41.0 Å². The normalized spacial score (nSPS) is 15.9. The first-order valence-electron chi connectivity index (χ1n) is 8.26. The number of piperidine rings is 1. The van der Waals surface area contributed by atoms with Crippen molar-refractivity contribution in [2.45, 2.75) is 36.8 Å². The van der Waals surface area contributed by atoms with Crippen LogP contribution in [0.5, 0.6) is 0 Å². The minimum atomic E-state index is -3.43. The van der Waals surface area contributed by atoms with Crippen LogP contribution in [0.2, 0.25) is 0 Å². The highest BCUT2D eigenvalue weighted by molar-refractivity contribution is 7.91. The fraction of sp³-hybridized carbons (Fsp3) is 0.412. The Morgan fingerprint density at radius 3 is 2.64 bits per heavy atom. The van der Waals surface area contributed by atoms with E-state index in [1.165, 1.54) is 0 Å². The van der Waals surface area contributed by atoms with E-state index in [4.69, 9.17) is 0 Å². The second kappa shape index (κ2) is 7.63. The standard InChI is InChI=1S/C17H21N3O3S2/c1-13-5-7-15(18-12-13)19-16(21)11-14-6-8-17(24-14)25(22,23)20-9-3-2-4-10-20/h5-8,12H,2-4,9-11H2,1H3,(H,18,19,21). The molecule has 0 spiro atoms. The zero-order valence-electron chi connectivity index (χ0n) is 14.1. The zero-order valence-corrected chi connectivity index (χ0v) is 15.7. The zero-order chi connectivity index (χ0) is 17.9. The van der Waals surface area contributed by atoms with Crippen LogP contribution < -0.4 is 5.32 Å². The predicted molar refractivity (Wildman–Crippen MR) is 98.2 cm³/mol. The lowest BCUT2D eigenvalue weighted by Crippen LogP contribution is -2.35. The molecule has 1 amide bonds. The van der Waals surface area contributed by atoms with Gasteiger partial charge in [0.1, 0.15) is 10.0 Å². The van der Waals surface area contributed by atoms with E-state index < -0.39 is 10.0 Å². The van der Waals surface area contributed by atoms with Crippen LogP contribution in [0.1, 0.15) is 29.7 Å². The Balaban J connectivity index is 1.64. The molecule has 6 nitrogen and oxygen atoms in total. The highest BCUT2D eigenvalue weighted by atomic mass is 32.2. The van der Waals surface area contributed by atoms with Crippen LogP contribution in [0.3, 0.4) is 0 Å². The molecule has 0 atom stereocenters. The van der Waals surface area contributed by atoms with Crippen LogP contribution in [0.4, 0.5) is 5.82 Å².